The molecule has 0 saturated carbocycles. The van der Waals surface area contributed by atoms with Crippen LogP contribution in [0.3, 0.4) is 0 Å². The van der Waals surface area contributed by atoms with E-state index in [2.05, 4.69) is 50.4 Å². The van der Waals surface area contributed by atoms with Crippen LogP contribution in [0.1, 0.15) is 44.2 Å². The summed E-state index contributed by atoms with van der Waals surface area (Å²) in [4.78, 5) is 23.6. The molecule has 2 N–H and O–H groups in total. The lowest BCUT2D eigenvalue weighted by atomic mass is 9.98. The summed E-state index contributed by atoms with van der Waals surface area (Å²) >= 11 is 0. The van der Waals surface area contributed by atoms with E-state index in [1.807, 2.05) is 24.3 Å². The van der Waals surface area contributed by atoms with E-state index in [1.54, 1.807) is 21.6 Å². The van der Waals surface area contributed by atoms with Gasteiger partial charge < -0.3 is 15.2 Å². The van der Waals surface area contributed by atoms with Gasteiger partial charge in [0.1, 0.15) is 6.61 Å². The van der Waals surface area contributed by atoms with Gasteiger partial charge >= 0.3 is 12.1 Å². The minimum atomic E-state index is -0.944. The van der Waals surface area contributed by atoms with Crippen molar-refractivity contribution >= 4 is 33.7 Å². The fourth-order valence-corrected chi connectivity index (χ4v) is 6.01. The van der Waals surface area contributed by atoms with E-state index >= 15 is 0 Å². The molecule has 0 fully saturated rings. The predicted octanol–water partition coefficient (Wildman–Crippen LogP) is 5.55. The first-order valence-electron chi connectivity index (χ1n) is 9.88. The van der Waals surface area contributed by atoms with Crippen molar-refractivity contribution in [1.29, 1.82) is 0 Å². The summed E-state index contributed by atoms with van der Waals surface area (Å²) < 4.78 is 5.60. The third-order valence-electron chi connectivity index (χ3n) is 4.66. The van der Waals surface area contributed by atoms with Crippen LogP contribution in [0.5, 0.6) is 0 Å². The van der Waals surface area contributed by atoms with E-state index in [-0.39, 0.29) is 23.7 Å². The predicted molar refractivity (Wildman–Crippen MR) is 124 cm³/mol. The normalized spacial score (nSPS) is 14.0. The third kappa shape index (κ3) is 5.95. The number of ether oxygens (including phenoxy) is 1. The number of aliphatic carboxylic acids is 1. The van der Waals surface area contributed by atoms with Gasteiger partial charge in [0.25, 0.3) is 0 Å². The van der Waals surface area contributed by atoms with Gasteiger partial charge in [0.2, 0.25) is 0 Å². The fourth-order valence-electron chi connectivity index (χ4n) is 3.46. The lowest BCUT2D eigenvalue weighted by Gasteiger charge is -2.21. The Morgan fingerprint density at radius 2 is 1.63 bits per heavy atom. The summed E-state index contributed by atoms with van der Waals surface area (Å²) in [5.41, 5.74) is 4.62. The summed E-state index contributed by atoms with van der Waals surface area (Å²) in [6.07, 6.45) is -0.716. The van der Waals surface area contributed by atoms with Gasteiger partial charge in [0.05, 0.1) is 12.5 Å². The monoisotopic (exact) mass is 445 g/mol. The van der Waals surface area contributed by atoms with E-state index < -0.39 is 18.1 Å². The van der Waals surface area contributed by atoms with Crippen molar-refractivity contribution in [2.75, 3.05) is 12.4 Å². The molecule has 0 aromatic heterocycles. The van der Waals surface area contributed by atoms with Crippen LogP contribution in [0.25, 0.3) is 11.1 Å². The molecule has 0 aliphatic heterocycles. The molecule has 1 aliphatic rings. The highest BCUT2D eigenvalue weighted by molar-refractivity contribution is 8.77. The molecule has 5 nitrogen and oxygen atoms in total. The zero-order valence-electron chi connectivity index (χ0n) is 17.4. The van der Waals surface area contributed by atoms with Crippen molar-refractivity contribution in [2.24, 2.45) is 0 Å². The van der Waals surface area contributed by atoms with Crippen LogP contribution >= 0.6 is 21.6 Å². The maximum Gasteiger partial charge on any atom is 0.407 e. The second-order valence-corrected chi connectivity index (χ2v) is 11.4. The Labute approximate surface area is 185 Å². The van der Waals surface area contributed by atoms with E-state index in [0.29, 0.717) is 5.75 Å². The minimum absolute atomic E-state index is 0.0214. The first-order valence-corrected chi connectivity index (χ1v) is 12.2. The van der Waals surface area contributed by atoms with E-state index in [9.17, 15) is 9.59 Å². The summed E-state index contributed by atoms with van der Waals surface area (Å²) in [6.45, 7) is 6.49. The number of carboxylic acids is 1. The lowest BCUT2D eigenvalue weighted by Crippen LogP contribution is -2.39. The zero-order chi connectivity index (χ0) is 21.7. The van der Waals surface area contributed by atoms with Gasteiger partial charge in [-0.25, -0.2) is 4.79 Å². The van der Waals surface area contributed by atoms with Crippen molar-refractivity contribution in [2.45, 2.75) is 43.9 Å². The molecule has 0 heterocycles. The van der Waals surface area contributed by atoms with Gasteiger partial charge in [0, 0.05) is 16.4 Å². The second kappa shape index (κ2) is 9.79. The Hall–Kier alpha value is -2.12. The molecule has 1 amide bonds. The van der Waals surface area contributed by atoms with Crippen molar-refractivity contribution in [3.63, 3.8) is 0 Å². The molecule has 0 unspecified atom stereocenters. The largest absolute Gasteiger partial charge is 0.481 e. The number of carboxylic acid groups (broad SMARTS) is 1. The topological polar surface area (TPSA) is 75.6 Å². The van der Waals surface area contributed by atoms with Gasteiger partial charge in [-0.15, -0.1) is 0 Å². The quantitative estimate of drug-likeness (QED) is 0.519. The molecule has 0 radical (unpaired) electrons. The van der Waals surface area contributed by atoms with Crippen molar-refractivity contribution in [3.05, 3.63) is 59.7 Å². The van der Waals surface area contributed by atoms with Crippen molar-refractivity contribution < 1.29 is 19.4 Å². The molecule has 3 rings (SSSR count). The number of rotatable bonds is 8. The van der Waals surface area contributed by atoms with Gasteiger partial charge in [-0.3, -0.25) is 4.79 Å². The van der Waals surface area contributed by atoms with Crippen LogP contribution in [0, 0.1) is 0 Å². The Morgan fingerprint density at radius 1 is 1.07 bits per heavy atom. The molecule has 160 valence electrons. The summed E-state index contributed by atoms with van der Waals surface area (Å²) in [5, 5.41) is 11.9. The van der Waals surface area contributed by atoms with Crippen LogP contribution in [0.2, 0.25) is 0 Å². The first-order chi connectivity index (χ1) is 14.2. The number of alkyl carbamates (subject to hydrolysis) is 1. The highest BCUT2D eigenvalue weighted by atomic mass is 33.1. The van der Waals surface area contributed by atoms with Gasteiger partial charge in [-0.2, -0.15) is 0 Å². The zero-order valence-corrected chi connectivity index (χ0v) is 19.0. The molecular weight excluding hydrogens is 418 g/mol. The average molecular weight is 446 g/mol. The highest BCUT2D eigenvalue weighted by Crippen LogP contribution is 2.44. The summed E-state index contributed by atoms with van der Waals surface area (Å²) in [5.74, 6) is -0.467. The minimum Gasteiger partial charge on any atom is -0.481 e. The first kappa shape index (κ1) is 22.6. The number of fused-ring (bicyclic) bond motifs is 3. The molecule has 0 saturated heterocycles. The second-order valence-electron chi connectivity index (χ2n) is 8.24. The Bertz CT molecular complexity index is 865. The molecule has 2 aromatic carbocycles. The Balaban J connectivity index is 1.61. The molecule has 1 atom stereocenters. The van der Waals surface area contributed by atoms with Crippen LogP contribution < -0.4 is 5.32 Å². The highest BCUT2D eigenvalue weighted by Gasteiger charge is 2.29. The molecule has 7 heteroatoms. The number of carbonyl (C=O) groups excluding carboxylic acids is 1. The Kier molecular flexibility index (Phi) is 7.36. The summed E-state index contributed by atoms with van der Waals surface area (Å²) in [7, 11) is 3.23. The smallest absolute Gasteiger partial charge is 0.407 e. The van der Waals surface area contributed by atoms with Crippen molar-refractivity contribution in [3.8, 4) is 11.1 Å². The van der Waals surface area contributed by atoms with Gasteiger partial charge in [-0.05, 0) is 22.3 Å². The van der Waals surface area contributed by atoms with Crippen LogP contribution in [0.4, 0.5) is 4.79 Å². The number of hydrogen-bond acceptors (Lipinski definition) is 5. The van der Waals surface area contributed by atoms with Crippen molar-refractivity contribution in [1.82, 2.24) is 5.32 Å². The standard InChI is InChI=1S/C23H27NO4S2/c1-23(2,3)30-29-14-15(12-21(25)26)24-22(27)28-13-20-18-10-6-4-8-16(18)17-9-5-7-11-19(17)20/h4-11,15,20H,12-14H2,1-3H3,(H,24,27)(H,25,26)/t15-/m0/s1. The van der Waals surface area contributed by atoms with Crippen LogP contribution in [-0.2, 0) is 9.53 Å². The number of nitrogens with one attached hydrogen (secondary N) is 1. The van der Waals surface area contributed by atoms with Crippen LogP contribution in [-0.4, -0.2) is 40.3 Å². The van der Waals surface area contributed by atoms with Gasteiger partial charge in [-0.1, -0.05) is 90.9 Å². The van der Waals surface area contributed by atoms with Gasteiger partial charge in [0.15, 0.2) is 0 Å². The molecule has 0 spiro atoms. The molecule has 0 bridgehead atoms. The van der Waals surface area contributed by atoms with E-state index in [4.69, 9.17) is 9.84 Å². The SMILES string of the molecule is CC(C)(C)SSC[C@H](CC(=O)O)NC(=O)OCC1c2ccccc2-c2ccccc21. The van der Waals surface area contributed by atoms with E-state index in [1.165, 1.54) is 11.1 Å². The third-order valence-corrected chi connectivity index (χ3v) is 8.08. The molecule has 30 heavy (non-hydrogen) atoms. The maximum atomic E-state index is 12.4. The maximum absolute atomic E-state index is 12.4. The number of amides is 1. The number of hydrogen-bond donors (Lipinski definition) is 2. The number of carbonyl (C=O) groups is 2. The molecular formula is C23H27NO4S2. The number of benzene rings is 2. The van der Waals surface area contributed by atoms with E-state index in [0.717, 1.165) is 11.1 Å². The fraction of sp³-hybridized carbons (Fsp3) is 0.391. The molecule has 2 aromatic rings. The average Bonchev–Trinajstić information content (AvgIpc) is 2.99. The Morgan fingerprint density at radius 3 is 2.17 bits per heavy atom. The lowest BCUT2D eigenvalue weighted by molar-refractivity contribution is -0.137. The van der Waals surface area contributed by atoms with Crippen LogP contribution in [0.15, 0.2) is 48.5 Å². The summed E-state index contributed by atoms with van der Waals surface area (Å²) in [6, 6.07) is 15.8. The molecule has 1 aliphatic carbocycles.